The Morgan fingerprint density at radius 2 is 2.24 bits per heavy atom. The summed E-state index contributed by atoms with van der Waals surface area (Å²) in [6.07, 6.45) is 1.76. The molecule has 1 amide bonds. The molecule has 1 aromatic heterocycles. The molecule has 2 heterocycles. The Bertz CT molecular complexity index is 625. The molecular weight excluding hydrogens is 311 g/mol. The van der Waals surface area contributed by atoms with Crippen LogP contribution in [-0.4, -0.2) is 35.3 Å². The zero-order valence-corrected chi connectivity index (χ0v) is 12.8. The lowest BCUT2D eigenvalue weighted by molar-refractivity contribution is 0.0937. The summed E-state index contributed by atoms with van der Waals surface area (Å²) in [5.41, 5.74) is 1.25. The molecule has 0 unspecified atom stereocenters. The Labute approximate surface area is 134 Å². The van der Waals surface area contributed by atoms with Gasteiger partial charge in [-0.15, -0.1) is 12.4 Å². The van der Waals surface area contributed by atoms with Crippen LogP contribution in [0.4, 0.5) is 0 Å². The minimum Gasteiger partial charge on any atom is -0.350 e. The Kier molecular flexibility index (Phi) is 5.22. The molecule has 21 heavy (non-hydrogen) atoms. The van der Waals surface area contributed by atoms with Crippen molar-refractivity contribution >= 4 is 29.9 Å². The number of halogens is 2. The van der Waals surface area contributed by atoms with Crippen molar-refractivity contribution in [2.24, 2.45) is 5.92 Å². The van der Waals surface area contributed by atoms with Gasteiger partial charge in [-0.2, -0.15) is 5.10 Å². The topological polar surface area (TPSA) is 59.0 Å². The summed E-state index contributed by atoms with van der Waals surface area (Å²) in [6.45, 7) is 2.63. The van der Waals surface area contributed by atoms with E-state index in [4.69, 9.17) is 11.6 Å². The van der Waals surface area contributed by atoms with Gasteiger partial charge in [-0.3, -0.25) is 4.79 Å². The second-order valence-corrected chi connectivity index (χ2v) is 5.30. The lowest BCUT2D eigenvalue weighted by atomic mass is 10.0. The summed E-state index contributed by atoms with van der Waals surface area (Å²) >= 11 is 5.94. The van der Waals surface area contributed by atoms with Gasteiger partial charge >= 0.3 is 0 Å². The van der Waals surface area contributed by atoms with Crippen LogP contribution >= 0.6 is 24.0 Å². The Balaban J connectivity index is 0.00000161. The van der Waals surface area contributed by atoms with Crippen molar-refractivity contribution in [1.29, 1.82) is 0 Å². The predicted octanol–water partition coefficient (Wildman–Crippen LogP) is 1.90. The molecule has 1 aliphatic heterocycles. The van der Waals surface area contributed by atoms with Crippen molar-refractivity contribution in [2.45, 2.75) is 0 Å². The lowest BCUT2D eigenvalue weighted by Crippen LogP contribution is -2.48. The van der Waals surface area contributed by atoms with E-state index in [9.17, 15) is 4.79 Å². The first kappa shape index (κ1) is 15.8. The van der Waals surface area contributed by atoms with Crippen molar-refractivity contribution in [3.8, 4) is 5.69 Å². The molecule has 2 aromatic rings. The molecular formula is C14H16Cl2N4O. The summed E-state index contributed by atoms with van der Waals surface area (Å²) in [4.78, 5) is 12.0. The molecule has 0 saturated carbocycles. The molecule has 1 aromatic carbocycles. The normalized spacial score (nSPS) is 14.1. The standard InChI is InChI=1S/C14H15ClN4O.ClH/c15-11-2-1-3-12(6-11)19-5-4-13(18-19)14(20)17-9-10-7-16-8-10;/h1-6,10,16H,7-9H2,(H,17,20);1H. The van der Waals surface area contributed by atoms with E-state index in [2.05, 4.69) is 15.7 Å². The van der Waals surface area contributed by atoms with Gasteiger partial charge in [-0.25, -0.2) is 4.68 Å². The molecule has 0 atom stereocenters. The lowest BCUT2D eigenvalue weighted by Gasteiger charge is -2.26. The molecule has 5 nitrogen and oxygen atoms in total. The van der Waals surface area contributed by atoms with Crippen molar-refractivity contribution < 1.29 is 4.79 Å². The van der Waals surface area contributed by atoms with Gasteiger partial charge in [0.05, 0.1) is 5.69 Å². The minimum atomic E-state index is -0.141. The van der Waals surface area contributed by atoms with Gasteiger partial charge in [0.15, 0.2) is 5.69 Å². The Hall–Kier alpha value is -1.56. The van der Waals surface area contributed by atoms with Crippen LogP contribution in [0.5, 0.6) is 0 Å². The minimum absolute atomic E-state index is 0. The fourth-order valence-corrected chi connectivity index (χ4v) is 2.21. The van der Waals surface area contributed by atoms with Crippen molar-refractivity contribution in [2.75, 3.05) is 19.6 Å². The van der Waals surface area contributed by atoms with Crippen molar-refractivity contribution in [3.05, 3.63) is 47.2 Å². The zero-order chi connectivity index (χ0) is 13.9. The molecule has 0 bridgehead atoms. The highest BCUT2D eigenvalue weighted by molar-refractivity contribution is 6.30. The van der Waals surface area contributed by atoms with Gasteiger partial charge in [-0.05, 0) is 24.3 Å². The summed E-state index contributed by atoms with van der Waals surface area (Å²) in [6, 6.07) is 9.05. The zero-order valence-electron chi connectivity index (χ0n) is 11.3. The molecule has 1 aliphatic rings. The van der Waals surface area contributed by atoms with E-state index in [0.717, 1.165) is 18.8 Å². The van der Waals surface area contributed by atoms with Crippen molar-refractivity contribution in [1.82, 2.24) is 20.4 Å². The SMILES string of the molecule is Cl.O=C(NCC1CNC1)c1ccn(-c2cccc(Cl)c2)n1. The van der Waals surface area contributed by atoms with E-state index in [1.165, 1.54) is 0 Å². The number of aromatic nitrogens is 2. The molecule has 1 saturated heterocycles. The first-order chi connectivity index (χ1) is 9.72. The van der Waals surface area contributed by atoms with E-state index in [1.54, 1.807) is 29.1 Å². The van der Waals surface area contributed by atoms with E-state index in [1.807, 2.05) is 12.1 Å². The van der Waals surface area contributed by atoms with Crippen LogP contribution in [0.3, 0.4) is 0 Å². The molecule has 1 fully saturated rings. The number of nitrogens with zero attached hydrogens (tertiary/aromatic N) is 2. The third-order valence-corrected chi connectivity index (χ3v) is 3.55. The molecule has 0 radical (unpaired) electrons. The summed E-state index contributed by atoms with van der Waals surface area (Å²) in [5.74, 6) is 0.395. The van der Waals surface area contributed by atoms with Crippen LogP contribution in [0, 0.1) is 5.92 Å². The first-order valence-electron chi connectivity index (χ1n) is 6.53. The average Bonchev–Trinajstić information content (AvgIpc) is 2.86. The monoisotopic (exact) mass is 326 g/mol. The number of rotatable bonds is 4. The number of hydrogen-bond acceptors (Lipinski definition) is 3. The smallest absolute Gasteiger partial charge is 0.271 e. The van der Waals surface area contributed by atoms with Crippen LogP contribution in [-0.2, 0) is 0 Å². The number of nitrogens with one attached hydrogen (secondary N) is 2. The van der Waals surface area contributed by atoms with Crippen molar-refractivity contribution in [3.63, 3.8) is 0 Å². The molecule has 0 aliphatic carbocycles. The molecule has 2 N–H and O–H groups in total. The highest BCUT2D eigenvalue weighted by atomic mass is 35.5. The van der Waals surface area contributed by atoms with E-state index in [0.29, 0.717) is 23.2 Å². The third kappa shape index (κ3) is 3.75. The molecule has 7 heteroatoms. The maximum atomic E-state index is 12.0. The Morgan fingerprint density at radius 3 is 2.90 bits per heavy atom. The number of carbonyl (C=O) groups is 1. The molecule has 0 spiro atoms. The van der Waals surface area contributed by atoms with Crippen LogP contribution in [0.2, 0.25) is 5.02 Å². The van der Waals surface area contributed by atoms with Crippen LogP contribution in [0.25, 0.3) is 5.69 Å². The highest BCUT2D eigenvalue weighted by Crippen LogP contribution is 2.14. The van der Waals surface area contributed by atoms with Crippen LogP contribution in [0.15, 0.2) is 36.5 Å². The molecule has 3 rings (SSSR count). The van der Waals surface area contributed by atoms with Gasteiger partial charge in [0, 0.05) is 36.8 Å². The van der Waals surface area contributed by atoms with Gasteiger partial charge in [-0.1, -0.05) is 17.7 Å². The number of benzene rings is 1. The van der Waals surface area contributed by atoms with Gasteiger partial charge < -0.3 is 10.6 Å². The quantitative estimate of drug-likeness (QED) is 0.902. The summed E-state index contributed by atoms with van der Waals surface area (Å²) < 4.78 is 1.64. The van der Waals surface area contributed by atoms with Gasteiger partial charge in [0.1, 0.15) is 0 Å². The maximum Gasteiger partial charge on any atom is 0.271 e. The number of amides is 1. The second-order valence-electron chi connectivity index (χ2n) is 4.86. The molecule has 112 valence electrons. The second kappa shape index (κ2) is 6.93. The summed E-state index contributed by atoms with van der Waals surface area (Å²) in [7, 11) is 0. The van der Waals surface area contributed by atoms with Gasteiger partial charge in [0.25, 0.3) is 5.91 Å². The maximum absolute atomic E-state index is 12.0. The number of hydrogen-bond donors (Lipinski definition) is 2. The van der Waals surface area contributed by atoms with E-state index < -0.39 is 0 Å². The van der Waals surface area contributed by atoms with Gasteiger partial charge in [0.2, 0.25) is 0 Å². The fraction of sp³-hybridized carbons (Fsp3) is 0.286. The van der Waals surface area contributed by atoms with E-state index in [-0.39, 0.29) is 18.3 Å². The third-order valence-electron chi connectivity index (χ3n) is 3.31. The predicted molar refractivity (Wildman–Crippen MR) is 84.5 cm³/mol. The van der Waals surface area contributed by atoms with Crippen LogP contribution in [0.1, 0.15) is 10.5 Å². The Morgan fingerprint density at radius 1 is 1.43 bits per heavy atom. The van der Waals surface area contributed by atoms with E-state index >= 15 is 0 Å². The fourth-order valence-electron chi connectivity index (χ4n) is 2.03. The first-order valence-corrected chi connectivity index (χ1v) is 6.91. The number of carbonyl (C=O) groups excluding carboxylic acids is 1. The average molecular weight is 327 g/mol. The van der Waals surface area contributed by atoms with Crippen LogP contribution < -0.4 is 10.6 Å². The largest absolute Gasteiger partial charge is 0.350 e. The summed E-state index contributed by atoms with van der Waals surface area (Å²) in [5, 5.41) is 11.0. The highest BCUT2D eigenvalue weighted by Gasteiger charge is 2.18.